The van der Waals surface area contributed by atoms with Gasteiger partial charge in [0.2, 0.25) is 0 Å². The van der Waals surface area contributed by atoms with Gasteiger partial charge >= 0.3 is 0 Å². The lowest BCUT2D eigenvalue weighted by Gasteiger charge is -2.34. The molecule has 1 aliphatic rings. The largest absolute Gasteiger partial charge is 0.294 e. The minimum absolute atomic E-state index is 0.0740. The zero-order valence-corrected chi connectivity index (χ0v) is 17.7. The van der Waals surface area contributed by atoms with Gasteiger partial charge in [0.1, 0.15) is 12.7 Å². The van der Waals surface area contributed by atoms with Crippen LogP contribution >= 0.6 is 35.0 Å². The highest BCUT2D eigenvalue weighted by Gasteiger charge is 2.47. The first kappa shape index (κ1) is 19.7. The van der Waals surface area contributed by atoms with Crippen molar-refractivity contribution in [2.45, 2.75) is 29.5 Å². The van der Waals surface area contributed by atoms with Gasteiger partial charge in [-0.05, 0) is 42.0 Å². The molecule has 0 aliphatic carbocycles. The van der Waals surface area contributed by atoms with E-state index in [1.54, 1.807) is 24.4 Å². The normalized spacial score (nSPS) is 22.6. The van der Waals surface area contributed by atoms with Gasteiger partial charge in [0, 0.05) is 34.2 Å². The van der Waals surface area contributed by atoms with Crippen molar-refractivity contribution >= 4 is 35.0 Å². The van der Waals surface area contributed by atoms with Crippen LogP contribution in [0.25, 0.3) is 0 Å². The van der Waals surface area contributed by atoms with Gasteiger partial charge in [0.25, 0.3) is 0 Å². The second-order valence-electron chi connectivity index (χ2n) is 6.83. The molecule has 4 rings (SSSR count). The molecule has 0 saturated carbocycles. The molecular weight excluding hydrogens is 415 g/mol. The molecule has 0 N–H and O–H groups in total. The van der Waals surface area contributed by atoms with Crippen LogP contribution in [0.2, 0.25) is 10.0 Å². The zero-order valence-electron chi connectivity index (χ0n) is 15.3. The van der Waals surface area contributed by atoms with Crippen molar-refractivity contribution in [3.8, 4) is 0 Å². The third kappa shape index (κ3) is 4.21. The Bertz CT molecular complexity index is 905. The number of benzene rings is 2. The topological polar surface area (TPSA) is 43.2 Å². The molecule has 0 spiro atoms. The minimum Gasteiger partial charge on any atom is -0.294 e. The van der Waals surface area contributed by atoms with Gasteiger partial charge in [-0.3, -0.25) is 9.52 Å². The molecule has 1 aromatic heterocycles. The molecule has 3 aromatic rings. The van der Waals surface area contributed by atoms with Crippen molar-refractivity contribution in [3.05, 3.63) is 76.8 Å². The first-order valence-corrected chi connectivity index (χ1v) is 10.7. The number of hydroxylamine groups is 2. The van der Waals surface area contributed by atoms with E-state index in [2.05, 4.69) is 22.2 Å². The molecule has 0 radical (unpaired) electrons. The van der Waals surface area contributed by atoms with Crippen molar-refractivity contribution in [3.63, 3.8) is 0 Å². The molecule has 2 atom stereocenters. The fourth-order valence-corrected chi connectivity index (χ4v) is 4.71. The Morgan fingerprint density at radius 1 is 1.11 bits per heavy atom. The van der Waals surface area contributed by atoms with Crippen LogP contribution in [-0.2, 0) is 16.9 Å². The summed E-state index contributed by atoms with van der Waals surface area (Å²) < 4.78 is 1.85. The fourth-order valence-electron chi connectivity index (χ4n) is 3.57. The van der Waals surface area contributed by atoms with E-state index in [0.717, 1.165) is 27.8 Å². The maximum atomic E-state index is 6.25. The SMILES string of the molecule is CN1O[C@@H](CSc2ccc(Cl)cc2)C[C@@]1(Cn1cncn1)c1ccc(Cl)cc1. The standard InChI is InChI=1S/C20H20Cl2N4OS/c1-25-20(12-26-14-23-13-24-26,15-2-4-16(21)5-3-15)10-18(27-25)11-28-19-8-6-17(22)7-9-19/h2-9,13-14,18H,10-12H2,1H3/t18-,20-/m1/s1. The molecule has 0 unspecified atom stereocenters. The Kier molecular flexibility index (Phi) is 5.94. The van der Waals surface area contributed by atoms with Gasteiger partial charge in [-0.2, -0.15) is 10.2 Å². The summed E-state index contributed by atoms with van der Waals surface area (Å²) in [6, 6.07) is 15.9. The average Bonchev–Trinajstić information content (AvgIpc) is 3.31. The van der Waals surface area contributed by atoms with Crippen molar-refractivity contribution in [1.29, 1.82) is 0 Å². The summed E-state index contributed by atoms with van der Waals surface area (Å²) in [5.41, 5.74) is 0.803. The highest BCUT2D eigenvalue weighted by molar-refractivity contribution is 7.99. The highest BCUT2D eigenvalue weighted by Crippen LogP contribution is 2.42. The Balaban J connectivity index is 1.55. The summed E-state index contributed by atoms with van der Waals surface area (Å²) in [6.07, 6.45) is 4.21. The predicted octanol–water partition coefficient (Wildman–Crippen LogP) is 4.91. The number of rotatable bonds is 6. The third-order valence-electron chi connectivity index (χ3n) is 5.00. The van der Waals surface area contributed by atoms with Crippen molar-refractivity contribution < 1.29 is 4.84 Å². The van der Waals surface area contributed by atoms with E-state index in [4.69, 9.17) is 28.0 Å². The quantitative estimate of drug-likeness (QED) is 0.515. The molecule has 2 aromatic carbocycles. The summed E-state index contributed by atoms with van der Waals surface area (Å²) in [5, 5.41) is 7.74. The molecule has 1 aliphatic heterocycles. The van der Waals surface area contributed by atoms with Gasteiger partial charge in [-0.25, -0.2) is 4.98 Å². The molecule has 8 heteroatoms. The van der Waals surface area contributed by atoms with E-state index in [0.29, 0.717) is 6.54 Å². The monoisotopic (exact) mass is 434 g/mol. The van der Waals surface area contributed by atoms with Gasteiger partial charge < -0.3 is 0 Å². The van der Waals surface area contributed by atoms with Crippen molar-refractivity contribution in [2.75, 3.05) is 12.8 Å². The molecule has 1 fully saturated rings. The lowest BCUT2D eigenvalue weighted by Crippen LogP contribution is -2.41. The number of halogens is 2. The fraction of sp³-hybridized carbons (Fsp3) is 0.300. The van der Waals surface area contributed by atoms with Crippen molar-refractivity contribution in [2.24, 2.45) is 0 Å². The Labute approximate surface area is 178 Å². The summed E-state index contributed by atoms with van der Waals surface area (Å²) in [5.74, 6) is 0.846. The average molecular weight is 435 g/mol. The highest BCUT2D eigenvalue weighted by atomic mass is 35.5. The summed E-state index contributed by atoms with van der Waals surface area (Å²) >= 11 is 13.9. The van der Waals surface area contributed by atoms with Gasteiger partial charge in [0.15, 0.2) is 0 Å². The van der Waals surface area contributed by atoms with Gasteiger partial charge in [0.05, 0.1) is 18.2 Å². The summed E-state index contributed by atoms with van der Waals surface area (Å²) in [4.78, 5) is 11.5. The number of nitrogens with zero attached hydrogens (tertiary/aromatic N) is 4. The van der Waals surface area contributed by atoms with Crippen LogP contribution in [0.5, 0.6) is 0 Å². The summed E-state index contributed by atoms with van der Waals surface area (Å²) in [6.45, 7) is 0.646. The number of thioether (sulfide) groups is 1. The first-order chi connectivity index (χ1) is 13.5. The van der Waals surface area contributed by atoms with E-state index in [1.165, 1.54) is 4.90 Å². The predicted molar refractivity (Wildman–Crippen MR) is 113 cm³/mol. The zero-order chi connectivity index (χ0) is 19.6. The van der Waals surface area contributed by atoms with Gasteiger partial charge in [-0.1, -0.05) is 35.3 Å². The molecular formula is C20H20Cl2N4OS. The van der Waals surface area contributed by atoms with Crippen LogP contribution in [0.4, 0.5) is 0 Å². The number of aromatic nitrogens is 3. The van der Waals surface area contributed by atoms with E-state index < -0.39 is 0 Å². The van der Waals surface area contributed by atoms with Crippen molar-refractivity contribution in [1.82, 2.24) is 19.8 Å². The van der Waals surface area contributed by atoms with Crippen LogP contribution < -0.4 is 0 Å². The molecule has 1 saturated heterocycles. The Morgan fingerprint density at radius 3 is 2.43 bits per heavy atom. The lowest BCUT2D eigenvalue weighted by molar-refractivity contribution is -0.170. The molecule has 2 heterocycles. The number of likely N-dealkylation sites (N-methyl/N-ethyl adjacent to an activating group) is 1. The van der Waals surface area contributed by atoms with E-state index in [1.807, 2.05) is 53.2 Å². The van der Waals surface area contributed by atoms with E-state index in [-0.39, 0.29) is 11.6 Å². The van der Waals surface area contributed by atoms with Crippen LogP contribution in [0.3, 0.4) is 0 Å². The van der Waals surface area contributed by atoms with E-state index >= 15 is 0 Å². The smallest absolute Gasteiger partial charge is 0.137 e. The van der Waals surface area contributed by atoms with Gasteiger partial charge in [-0.15, -0.1) is 11.8 Å². The Hall–Kier alpha value is -1.57. The molecule has 146 valence electrons. The van der Waals surface area contributed by atoms with Crippen LogP contribution in [0, 0.1) is 0 Å². The molecule has 0 bridgehead atoms. The Morgan fingerprint density at radius 2 is 1.79 bits per heavy atom. The molecule has 0 amide bonds. The molecule has 5 nitrogen and oxygen atoms in total. The van der Waals surface area contributed by atoms with Crippen LogP contribution in [-0.4, -0.2) is 38.7 Å². The van der Waals surface area contributed by atoms with Crippen LogP contribution in [0.15, 0.2) is 66.1 Å². The number of hydrogen-bond acceptors (Lipinski definition) is 5. The van der Waals surface area contributed by atoms with E-state index in [9.17, 15) is 0 Å². The lowest BCUT2D eigenvalue weighted by atomic mass is 9.85. The second kappa shape index (κ2) is 8.43. The maximum Gasteiger partial charge on any atom is 0.137 e. The van der Waals surface area contributed by atoms with Crippen LogP contribution in [0.1, 0.15) is 12.0 Å². The maximum absolute atomic E-state index is 6.25. The third-order valence-corrected chi connectivity index (χ3v) is 6.64. The molecule has 28 heavy (non-hydrogen) atoms. The minimum atomic E-state index is -0.344. The first-order valence-electron chi connectivity index (χ1n) is 8.93. The summed E-state index contributed by atoms with van der Waals surface area (Å²) in [7, 11) is 1.98. The number of hydrogen-bond donors (Lipinski definition) is 0. The second-order valence-corrected chi connectivity index (χ2v) is 8.79.